The van der Waals surface area contributed by atoms with Crippen molar-refractivity contribution >= 4 is 34.8 Å². The predicted molar refractivity (Wildman–Crippen MR) is 88.3 cm³/mol. The fourth-order valence-electron chi connectivity index (χ4n) is 2.73. The monoisotopic (exact) mass is 346 g/mol. The average Bonchev–Trinajstić information content (AvgIpc) is 2.79. The van der Waals surface area contributed by atoms with Gasteiger partial charge in [0.1, 0.15) is 0 Å². The van der Waals surface area contributed by atoms with Crippen LogP contribution in [-0.4, -0.2) is 11.8 Å². The highest BCUT2D eigenvalue weighted by atomic mass is 19.4. The molecule has 2 aromatic rings. The van der Waals surface area contributed by atoms with Crippen molar-refractivity contribution in [1.82, 2.24) is 0 Å². The summed E-state index contributed by atoms with van der Waals surface area (Å²) in [5, 5.41) is 0. The SMILES string of the molecule is CC(=O)N1C(=O)C(=Cc2cccc(C(F)(F)F)c2)c2cc(N)ccc21. The molecule has 25 heavy (non-hydrogen) atoms. The van der Waals surface area contributed by atoms with Crippen LogP contribution in [0.3, 0.4) is 0 Å². The number of hydrogen-bond donors (Lipinski definition) is 1. The van der Waals surface area contributed by atoms with Crippen molar-refractivity contribution in [3.63, 3.8) is 0 Å². The second-order valence-corrected chi connectivity index (χ2v) is 5.62. The Morgan fingerprint density at radius 1 is 1.16 bits per heavy atom. The van der Waals surface area contributed by atoms with Crippen molar-refractivity contribution in [1.29, 1.82) is 0 Å². The number of halogens is 3. The second kappa shape index (κ2) is 5.77. The van der Waals surface area contributed by atoms with Crippen molar-refractivity contribution in [2.24, 2.45) is 0 Å². The standard InChI is InChI=1S/C18H13F3N2O2/c1-10(24)23-16-6-5-13(22)9-14(16)15(17(23)25)8-11-3-2-4-12(7-11)18(19,20)21/h2-9H,22H2,1H3. The molecule has 0 saturated carbocycles. The molecule has 1 heterocycles. The molecule has 0 radical (unpaired) electrons. The Kier molecular flexibility index (Phi) is 3.87. The van der Waals surface area contributed by atoms with Crippen LogP contribution in [0.5, 0.6) is 0 Å². The maximum Gasteiger partial charge on any atom is 0.416 e. The highest BCUT2D eigenvalue weighted by molar-refractivity contribution is 6.42. The summed E-state index contributed by atoms with van der Waals surface area (Å²) in [4.78, 5) is 25.3. The van der Waals surface area contributed by atoms with E-state index in [1.807, 2.05) is 0 Å². The minimum absolute atomic E-state index is 0.122. The van der Waals surface area contributed by atoms with Crippen LogP contribution in [0.15, 0.2) is 42.5 Å². The molecule has 0 fully saturated rings. The molecule has 2 amide bonds. The molecule has 0 bridgehead atoms. The molecule has 3 rings (SSSR count). The Labute approximate surface area is 141 Å². The largest absolute Gasteiger partial charge is 0.416 e. The molecule has 0 aromatic heterocycles. The van der Waals surface area contributed by atoms with Crippen molar-refractivity contribution in [2.75, 3.05) is 10.6 Å². The van der Waals surface area contributed by atoms with Gasteiger partial charge in [-0.1, -0.05) is 12.1 Å². The van der Waals surface area contributed by atoms with Gasteiger partial charge in [0.05, 0.1) is 16.8 Å². The number of amides is 2. The predicted octanol–water partition coefficient (Wildman–Crippen LogP) is 3.72. The van der Waals surface area contributed by atoms with Crippen LogP contribution in [0, 0.1) is 0 Å². The lowest BCUT2D eigenvalue weighted by atomic mass is 10.0. The molecule has 128 valence electrons. The van der Waals surface area contributed by atoms with E-state index in [0.717, 1.165) is 17.0 Å². The Morgan fingerprint density at radius 2 is 1.88 bits per heavy atom. The zero-order chi connectivity index (χ0) is 18.4. The average molecular weight is 346 g/mol. The molecule has 4 nitrogen and oxygen atoms in total. The number of anilines is 2. The van der Waals surface area contributed by atoms with Crippen LogP contribution in [-0.2, 0) is 15.8 Å². The number of fused-ring (bicyclic) bond motifs is 1. The smallest absolute Gasteiger partial charge is 0.399 e. The molecule has 1 aliphatic heterocycles. The number of nitrogens with two attached hydrogens (primary N) is 1. The number of alkyl halides is 3. The summed E-state index contributed by atoms with van der Waals surface area (Å²) in [6.45, 7) is 1.24. The number of benzene rings is 2. The fraction of sp³-hybridized carbons (Fsp3) is 0.111. The molecule has 0 unspecified atom stereocenters. The van der Waals surface area contributed by atoms with Crippen LogP contribution in [0.2, 0.25) is 0 Å². The first-order valence-corrected chi connectivity index (χ1v) is 7.32. The number of carbonyl (C=O) groups is 2. The fourth-order valence-corrected chi connectivity index (χ4v) is 2.73. The van der Waals surface area contributed by atoms with Gasteiger partial charge < -0.3 is 5.73 Å². The third kappa shape index (κ3) is 3.00. The summed E-state index contributed by atoms with van der Waals surface area (Å²) in [5.41, 5.74) is 6.42. The Hall–Kier alpha value is -3.09. The molecule has 0 aliphatic carbocycles. The first kappa shape index (κ1) is 16.8. The van der Waals surface area contributed by atoms with Gasteiger partial charge in [-0.25, -0.2) is 4.90 Å². The van der Waals surface area contributed by atoms with E-state index in [0.29, 0.717) is 16.9 Å². The van der Waals surface area contributed by atoms with Gasteiger partial charge in [0, 0.05) is 18.2 Å². The lowest BCUT2D eigenvalue weighted by Crippen LogP contribution is -2.31. The lowest BCUT2D eigenvalue weighted by molar-refractivity contribution is -0.137. The van der Waals surface area contributed by atoms with Crippen molar-refractivity contribution in [3.8, 4) is 0 Å². The number of nitrogen functional groups attached to an aromatic ring is 1. The highest BCUT2D eigenvalue weighted by Crippen LogP contribution is 2.39. The summed E-state index contributed by atoms with van der Waals surface area (Å²) < 4.78 is 38.6. The molecule has 0 atom stereocenters. The van der Waals surface area contributed by atoms with Gasteiger partial charge in [-0.3, -0.25) is 9.59 Å². The quantitative estimate of drug-likeness (QED) is 0.632. The third-order valence-corrected chi connectivity index (χ3v) is 3.83. The normalized spacial score (nSPS) is 15.6. The van der Waals surface area contributed by atoms with Crippen molar-refractivity contribution in [3.05, 3.63) is 59.2 Å². The van der Waals surface area contributed by atoms with E-state index < -0.39 is 23.6 Å². The van der Waals surface area contributed by atoms with Crippen LogP contribution in [0.1, 0.15) is 23.6 Å². The Bertz CT molecular complexity index is 917. The van der Waals surface area contributed by atoms with Crippen LogP contribution >= 0.6 is 0 Å². The number of rotatable bonds is 1. The van der Waals surface area contributed by atoms with E-state index in [-0.39, 0.29) is 11.1 Å². The molecule has 2 N–H and O–H groups in total. The van der Waals surface area contributed by atoms with E-state index >= 15 is 0 Å². The maximum absolute atomic E-state index is 12.9. The lowest BCUT2D eigenvalue weighted by Gasteiger charge is -2.11. The van der Waals surface area contributed by atoms with E-state index in [1.54, 1.807) is 6.07 Å². The Morgan fingerprint density at radius 3 is 2.52 bits per heavy atom. The summed E-state index contributed by atoms with van der Waals surface area (Å²) >= 11 is 0. The van der Waals surface area contributed by atoms with E-state index in [1.165, 1.54) is 37.3 Å². The second-order valence-electron chi connectivity index (χ2n) is 5.62. The van der Waals surface area contributed by atoms with Gasteiger partial charge in [-0.05, 0) is 42.0 Å². The molecule has 0 saturated heterocycles. The minimum Gasteiger partial charge on any atom is -0.399 e. The topological polar surface area (TPSA) is 63.4 Å². The highest BCUT2D eigenvalue weighted by Gasteiger charge is 2.35. The maximum atomic E-state index is 12.9. The minimum atomic E-state index is -4.48. The van der Waals surface area contributed by atoms with Crippen molar-refractivity contribution in [2.45, 2.75) is 13.1 Å². The molecular weight excluding hydrogens is 333 g/mol. The first-order chi connectivity index (χ1) is 11.7. The molecule has 0 spiro atoms. The zero-order valence-electron chi connectivity index (χ0n) is 13.1. The van der Waals surface area contributed by atoms with Gasteiger partial charge in [0.2, 0.25) is 5.91 Å². The number of carbonyl (C=O) groups excluding carboxylic acids is 2. The summed E-state index contributed by atoms with van der Waals surface area (Å²) in [7, 11) is 0. The molecule has 1 aliphatic rings. The molecular formula is C18H13F3N2O2. The van der Waals surface area contributed by atoms with E-state index in [9.17, 15) is 22.8 Å². The number of imide groups is 1. The Balaban J connectivity index is 2.15. The summed E-state index contributed by atoms with van der Waals surface area (Å²) in [6, 6.07) is 9.23. The molecule has 7 heteroatoms. The molecule has 2 aromatic carbocycles. The van der Waals surface area contributed by atoms with Gasteiger partial charge in [0.25, 0.3) is 5.91 Å². The van der Waals surface area contributed by atoms with Crippen molar-refractivity contribution < 1.29 is 22.8 Å². The van der Waals surface area contributed by atoms with Gasteiger partial charge in [-0.2, -0.15) is 13.2 Å². The summed E-state index contributed by atoms with van der Waals surface area (Å²) in [6.07, 6.45) is -3.15. The van der Waals surface area contributed by atoms with Crippen LogP contribution in [0.4, 0.5) is 24.5 Å². The van der Waals surface area contributed by atoms with Gasteiger partial charge in [0.15, 0.2) is 0 Å². The van der Waals surface area contributed by atoms with E-state index in [2.05, 4.69) is 0 Å². The zero-order valence-corrected chi connectivity index (χ0v) is 13.1. The number of nitrogens with zero attached hydrogens (tertiary/aromatic N) is 1. The third-order valence-electron chi connectivity index (χ3n) is 3.83. The van der Waals surface area contributed by atoms with Gasteiger partial charge >= 0.3 is 6.18 Å². The van der Waals surface area contributed by atoms with Crippen LogP contribution in [0.25, 0.3) is 11.6 Å². The van der Waals surface area contributed by atoms with Gasteiger partial charge in [-0.15, -0.1) is 0 Å². The number of hydrogen-bond acceptors (Lipinski definition) is 3. The van der Waals surface area contributed by atoms with Crippen LogP contribution < -0.4 is 10.6 Å². The van der Waals surface area contributed by atoms with E-state index in [4.69, 9.17) is 5.73 Å². The first-order valence-electron chi connectivity index (χ1n) is 7.32. The summed E-state index contributed by atoms with van der Waals surface area (Å²) in [5.74, 6) is -1.08.